The normalized spacial score (nSPS) is 8.22. The Morgan fingerprint density at radius 1 is 1.44 bits per heavy atom. The summed E-state index contributed by atoms with van der Waals surface area (Å²) in [5.74, 6) is 0.838. The fraction of sp³-hybridized carbons (Fsp3) is 0.333. The first-order valence-electron chi connectivity index (χ1n) is 2.55. The van der Waals surface area contributed by atoms with Gasteiger partial charge < -0.3 is 1.43 Å². The monoisotopic (exact) mass is 132 g/mol. The second kappa shape index (κ2) is 3.99. The van der Waals surface area contributed by atoms with Crippen molar-refractivity contribution in [2.24, 2.45) is 0 Å². The maximum absolute atomic E-state index is 4.06. The Hall–Kier alpha value is 0.0800. The van der Waals surface area contributed by atoms with E-state index in [0.717, 1.165) is 11.5 Å². The van der Waals surface area contributed by atoms with Gasteiger partial charge in [0.1, 0.15) is 5.82 Å². The van der Waals surface area contributed by atoms with Gasteiger partial charge in [-0.05, 0) is 19.9 Å². The molecule has 1 rings (SSSR count). The summed E-state index contributed by atoms with van der Waals surface area (Å²) in [7, 11) is 0. The van der Waals surface area contributed by atoms with Crippen LogP contribution >= 0.6 is 0 Å². The Kier molecular flexibility index (Phi) is 4.02. The summed E-state index contributed by atoms with van der Waals surface area (Å²) in [5, 5.41) is 0. The average Bonchev–Trinajstić information content (AvgIpc) is 1.64. The second-order valence-electron chi connectivity index (χ2n) is 1.75. The second-order valence-corrected chi connectivity index (χ2v) is 1.75. The van der Waals surface area contributed by atoms with Crippen LogP contribution in [-0.4, -0.2) is 9.97 Å². The van der Waals surface area contributed by atoms with E-state index in [1.54, 1.807) is 6.20 Å². The fourth-order valence-electron chi connectivity index (χ4n) is 0.574. The first-order valence-corrected chi connectivity index (χ1v) is 2.55. The van der Waals surface area contributed by atoms with Crippen LogP contribution in [0.3, 0.4) is 0 Å². The molecule has 2 nitrogen and oxygen atoms in total. The minimum Gasteiger partial charge on any atom is -1.00 e. The van der Waals surface area contributed by atoms with Crippen molar-refractivity contribution < 1.29 is 31.0 Å². The van der Waals surface area contributed by atoms with Gasteiger partial charge in [0, 0.05) is 11.9 Å². The predicted octanol–water partition coefficient (Wildman–Crippen LogP) is -1.79. The van der Waals surface area contributed by atoms with Gasteiger partial charge in [-0.2, -0.15) is 0 Å². The quantitative estimate of drug-likeness (QED) is 0.390. The van der Waals surface area contributed by atoms with Gasteiger partial charge in [0.15, 0.2) is 0 Å². The third-order valence-electron chi connectivity index (χ3n) is 0.915. The number of hydrogen-bond acceptors (Lipinski definition) is 2. The van der Waals surface area contributed by atoms with E-state index >= 15 is 0 Å². The number of aromatic nitrogens is 2. The van der Waals surface area contributed by atoms with E-state index in [9.17, 15) is 0 Å². The molecule has 1 heterocycles. The molecule has 0 atom stereocenters. The number of aryl methyl sites for hydroxylation is 2. The molecular weight excluding hydrogens is 123 g/mol. The van der Waals surface area contributed by atoms with E-state index in [2.05, 4.69) is 9.97 Å². The molecule has 0 fully saturated rings. The van der Waals surface area contributed by atoms with Crippen molar-refractivity contribution in [3.05, 3.63) is 23.8 Å². The third kappa shape index (κ3) is 2.94. The average molecular weight is 132 g/mol. The number of nitrogens with zero attached hydrogens (tertiary/aromatic N) is 2. The molecule has 0 amide bonds. The molecule has 1 aromatic rings. The van der Waals surface area contributed by atoms with Crippen molar-refractivity contribution in [3.63, 3.8) is 0 Å². The fourth-order valence-corrected chi connectivity index (χ4v) is 0.574. The van der Waals surface area contributed by atoms with Crippen LogP contribution in [0, 0.1) is 13.8 Å². The van der Waals surface area contributed by atoms with Gasteiger partial charge >= 0.3 is 29.6 Å². The van der Waals surface area contributed by atoms with Crippen LogP contribution in [0.25, 0.3) is 0 Å². The summed E-state index contributed by atoms with van der Waals surface area (Å²) < 4.78 is 0. The van der Waals surface area contributed by atoms with Crippen LogP contribution in [-0.2, 0) is 0 Å². The standard InChI is InChI=1S/C6H8N2.Na.H/c1-5-3-4-7-6(2)8-5;;/h3-4H,1-2H3;;/q;+1;-1. The molecule has 0 bridgehead atoms. The molecule has 0 N–H and O–H groups in total. The SMILES string of the molecule is Cc1ccnc(C)n1.[H-].[Na+]. The molecule has 0 aliphatic heterocycles. The molecule has 0 spiro atoms. The van der Waals surface area contributed by atoms with Crippen molar-refractivity contribution >= 4 is 0 Å². The summed E-state index contributed by atoms with van der Waals surface area (Å²) in [6.45, 7) is 3.84. The van der Waals surface area contributed by atoms with Crippen molar-refractivity contribution in [2.45, 2.75) is 13.8 Å². The van der Waals surface area contributed by atoms with E-state index in [0.29, 0.717) is 0 Å². The molecule has 1 aromatic heterocycles. The molecule has 0 aliphatic carbocycles. The van der Waals surface area contributed by atoms with Crippen molar-refractivity contribution in [1.29, 1.82) is 0 Å². The van der Waals surface area contributed by atoms with Gasteiger partial charge in [-0.1, -0.05) is 0 Å². The van der Waals surface area contributed by atoms with Crippen molar-refractivity contribution in [3.8, 4) is 0 Å². The maximum Gasteiger partial charge on any atom is 1.00 e. The zero-order valence-electron chi connectivity index (χ0n) is 7.05. The Labute approximate surface area is 78.5 Å². The van der Waals surface area contributed by atoms with Crippen LogP contribution < -0.4 is 29.6 Å². The van der Waals surface area contributed by atoms with Crippen LogP contribution in [0.4, 0.5) is 0 Å². The number of rotatable bonds is 0. The van der Waals surface area contributed by atoms with Crippen molar-refractivity contribution in [1.82, 2.24) is 9.97 Å². The Morgan fingerprint density at radius 3 is 2.44 bits per heavy atom. The van der Waals surface area contributed by atoms with Gasteiger partial charge in [-0.25, -0.2) is 9.97 Å². The summed E-state index contributed by atoms with van der Waals surface area (Å²) in [5.41, 5.74) is 1.03. The minimum absolute atomic E-state index is 0. The minimum atomic E-state index is 0. The summed E-state index contributed by atoms with van der Waals surface area (Å²) in [6, 6.07) is 1.88. The topological polar surface area (TPSA) is 25.8 Å². The van der Waals surface area contributed by atoms with Gasteiger partial charge in [-0.3, -0.25) is 0 Å². The smallest absolute Gasteiger partial charge is 1.00 e. The molecule has 0 saturated heterocycles. The van der Waals surface area contributed by atoms with E-state index in [4.69, 9.17) is 0 Å². The Morgan fingerprint density at radius 2 is 2.11 bits per heavy atom. The largest absolute Gasteiger partial charge is 1.00 e. The van der Waals surface area contributed by atoms with Crippen LogP contribution in [0.15, 0.2) is 12.3 Å². The van der Waals surface area contributed by atoms with Gasteiger partial charge in [0.05, 0.1) is 0 Å². The number of hydrogen-bond donors (Lipinski definition) is 0. The van der Waals surface area contributed by atoms with E-state index in [-0.39, 0.29) is 31.0 Å². The molecule has 44 valence electrons. The third-order valence-corrected chi connectivity index (χ3v) is 0.915. The molecule has 9 heavy (non-hydrogen) atoms. The van der Waals surface area contributed by atoms with E-state index in [1.165, 1.54) is 0 Å². The summed E-state index contributed by atoms with van der Waals surface area (Å²) in [6.07, 6.45) is 1.76. The van der Waals surface area contributed by atoms with E-state index < -0.39 is 0 Å². The van der Waals surface area contributed by atoms with E-state index in [1.807, 2.05) is 19.9 Å². The van der Waals surface area contributed by atoms with Crippen LogP contribution in [0.1, 0.15) is 12.9 Å². The van der Waals surface area contributed by atoms with Gasteiger partial charge in [-0.15, -0.1) is 0 Å². The van der Waals surface area contributed by atoms with Crippen molar-refractivity contribution in [2.75, 3.05) is 0 Å². The predicted molar refractivity (Wildman–Crippen MR) is 32.6 cm³/mol. The van der Waals surface area contributed by atoms with Gasteiger partial charge in [0.2, 0.25) is 0 Å². The summed E-state index contributed by atoms with van der Waals surface area (Å²) >= 11 is 0. The zero-order valence-corrected chi connectivity index (χ0v) is 8.05. The zero-order chi connectivity index (χ0) is 5.98. The first kappa shape index (κ1) is 9.08. The molecule has 0 unspecified atom stereocenters. The van der Waals surface area contributed by atoms with Crippen LogP contribution in [0.5, 0.6) is 0 Å². The van der Waals surface area contributed by atoms with Crippen LogP contribution in [0.2, 0.25) is 0 Å². The molecule has 0 radical (unpaired) electrons. The Bertz CT molecular complexity index is 176. The summed E-state index contributed by atoms with van der Waals surface area (Å²) in [4.78, 5) is 7.99. The first-order chi connectivity index (χ1) is 3.79. The molecular formula is C6H9N2Na. The molecule has 0 aliphatic rings. The molecule has 3 heteroatoms. The van der Waals surface area contributed by atoms with Gasteiger partial charge in [0.25, 0.3) is 0 Å². The molecule has 0 aromatic carbocycles. The maximum atomic E-state index is 4.06. The Balaban J connectivity index is 0. The molecule has 0 saturated carbocycles.